The van der Waals surface area contributed by atoms with Crippen LogP contribution in [-0.2, 0) is 6.42 Å². The molecule has 1 N–H and O–H groups in total. The normalized spacial score (nSPS) is 11.3. The van der Waals surface area contributed by atoms with Crippen molar-refractivity contribution in [2.75, 3.05) is 0 Å². The van der Waals surface area contributed by atoms with Crippen LogP contribution in [0.3, 0.4) is 0 Å². The molecule has 0 fully saturated rings. The van der Waals surface area contributed by atoms with Crippen molar-refractivity contribution in [1.29, 1.82) is 0 Å². The van der Waals surface area contributed by atoms with Gasteiger partial charge in [-0.15, -0.1) is 10.2 Å². The molecular weight excluding hydrogens is 296 g/mol. The molecule has 3 aromatic rings. The van der Waals surface area contributed by atoms with E-state index in [9.17, 15) is 0 Å². The van der Waals surface area contributed by atoms with Crippen molar-refractivity contribution in [2.45, 2.75) is 33.2 Å². The number of aryl methyl sites for hydroxylation is 1. The molecule has 0 aliphatic heterocycles. The molecule has 1 aromatic carbocycles. The number of rotatable bonds is 4. The number of nitrogens with zero attached hydrogens (tertiary/aromatic N) is 5. The highest BCUT2D eigenvalue weighted by Gasteiger charge is 2.13. The number of benzene rings is 1. The third kappa shape index (κ3) is 2.59. The van der Waals surface area contributed by atoms with E-state index < -0.39 is 0 Å². The molecule has 0 atom stereocenters. The van der Waals surface area contributed by atoms with E-state index in [-0.39, 0.29) is 6.04 Å². The van der Waals surface area contributed by atoms with Gasteiger partial charge < -0.3 is 0 Å². The fraction of sp³-hybridized carbons (Fsp3) is 0.333. The molecule has 0 aliphatic carbocycles. The predicted molar refractivity (Wildman–Crippen MR) is 87.5 cm³/mol. The van der Waals surface area contributed by atoms with Crippen LogP contribution in [0.1, 0.15) is 32.4 Å². The SMILES string of the molecule is CCc1ccc(-n2[nH]cc(-c3nnn(C(C)C)n3)c2=S)cc1. The maximum Gasteiger partial charge on any atom is 0.209 e. The van der Waals surface area contributed by atoms with Crippen LogP contribution in [0, 0.1) is 4.64 Å². The summed E-state index contributed by atoms with van der Waals surface area (Å²) >= 11 is 5.54. The monoisotopic (exact) mass is 314 g/mol. The zero-order valence-corrected chi connectivity index (χ0v) is 13.6. The first-order chi connectivity index (χ1) is 10.6. The zero-order chi connectivity index (χ0) is 15.7. The molecule has 2 aromatic heterocycles. The van der Waals surface area contributed by atoms with Gasteiger partial charge in [-0.1, -0.05) is 31.3 Å². The summed E-state index contributed by atoms with van der Waals surface area (Å²) in [6, 6.07) is 8.47. The summed E-state index contributed by atoms with van der Waals surface area (Å²) in [7, 11) is 0. The number of hydrogen-bond donors (Lipinski definition) is 1. The summed E-state index contributed by atoms with van der Waals surface area (Å²) < 4.78 is 2.49. The minimum absolute atomic E-state index is 0.169. The summed E-state index contributed by atoms with van der Waals surface area (Å²) in [5.74, 6) is 0.541. The second-order valence-electron chi connectivity index (χ2n) is 5.37. The third-order valence-electron chi connectivity index (χ3n) is 3.51. The number of aromatic nitrogens is 6. The fourth-order valence-corrected chi connectivity index (χ4v) is 2.46. The van der Waals surface area contributed by atoms with E-state index >= 15 is 0 Å². The third-order valence-corrected chi connectivity index (χ3v) is 3.91. The number of tetrazole rings is 1. The van der Waals surface area contributed by atoms with Gasteiger partial charge in [0.15, 0.2) is 0 Å². The molecule has 6 nitrogen and oxygen atoms in total. The van der Waals surface area contributed by atoms with Crippen LogP contribution in [0.5, 0.6) is 0 Å². The van der Waals surface area contributed by atoms with Crippen LogP contribution >= 0.6 is 12.2 Å². The van der Waals surface area contributed by atoms with Crippen molar-refractivity contribution in [3.8, 4) is 17.1 Å². The maximum absolute atomic E-state index is 5.54. The maximum atomic E-state index is 5.54. The van der Waals surface area contributed by atoms with E-state index in [1.807, 2.05) is 36.9 Å². The molecule has 2 heterocycles. The fourth-order valence-electron chi connectivity index (χ4n) is 2.15. The minimum atomic E-state index is 0.169. The molecule has 0 amide bonds. The summed E-state index contributed by atoms with van der Waals surface area (Å²) in [5.41, 5.74) is 3.06. The van der Waals surface area contributed by atoms with Gasteiger partial charge in [0.25, 0.3) is 0 Å². The standard InChI is InChI=1S/C15H18N6S/c1-4-11-5-7-12(8-6-11)20-15(22)13(9-16-20)14-17-19-21(18-14)10(2)3/h5-10,16H,4H2,1-3H3. The Morgan fingerprint density at radius 2 is 1.95 bits per heavy atom. The van der Waals surface area contributed by atoms with Gasteiger partial charge in [-0.3, -0.25) is 5.10 Å². The Labute approximate surface area is 133 Å². The Morgan fingerprint density at radius 1 is 1.23 bits per heavy atom. The summed E-state index contributed by atoms with van der Waals surface area (Å²) in [6.07, 6.45) is 2.83. The lowest BCUT2D eigenvalue weighted by molar-refractivity contribution is 0.455. The molecule has 22 heavy (non-hydrogen) atoms. The van der Waals surface area contributed by atoms with Crippen molar-refractivity contribution in [2.24, 2.45) is 0 Å². The van der Waals surface area contributed by atoms with E-state index in [4.69, 9.17) is 12.2 Å². The van der Waals surface area contributed by atoms with E-state index in [0.29, 0.717) is 10.5 Å². The number of nitrogens with one attached hydrogen (secondary N) is 1. The largest absolute Gasteiger partial charge is 0.299 e. The topological polar surface area (TPSA) is 64.3 Å². The van der Waals surface area contributed by atoms with Gasteiger partial charge in [-0.2, -0.15) is 4.80 Å². The zero-order valence-electron chi connectivity index (χ0n) is 12.8. The second kappa shape index (κ2) is 5.84. The van der Waals surface area contributed by atoms with E-state index in [0.717, 1.165) is 17.7 Å². The quantitative estimate of drug-likeness (QED) is 0.750. The molecule has 114 valence electrons. The van der Waals surface area contributed by atoms with Gasteiger partial charge in [-0.25, -0.2) is 4.68 Å². The van der Waals surface area contributed by atoms with Crippen molar-refractivity contribution >= 4 is 12.2 Å². The van der Waals surface area contributed by atoms with Gasteiger partial charge in [0.05, 0.1) is 17.3 Å². The Kier molecular flexibility index (Phi) is 3.89. The summed E-state index contributed by atoms with van der Waals surface area (Å²) in [6.45, 7) is 6.15. The molecule has 7 heteroatoms. The smallest absolute Gasteiger partial charge is 0.209 e. The Hall–Kier alpha value is -2.28. The molecule has 0 unspecified atom stereocenters. The van der Waals surface area contributed by atoms with Crippen LogP contribution in [0.15, 0.2) is 30.5 Å². The molecule has 0 bridgehead atoms. The predicted octanol–water partition coefficient (Wildman–Crippen LogP) is 3.33. The van der Waals surface area contributed by atoms with E-state index in [1.165, 1.54) is 5.56 Å². The molecule has 0 radical (unpaired) electrons. The molecule has 0 spiro atoms. The summed E-state index contributed by atoms with van der Waals surface area (Å²) in [4.78, 5) is 1.58. The lowest BCUT2D eigenvalue weighted by Crippen LogP contribution is -2.04. The van der Waals surface area contributed by atoms with E-state index in [1.54, 1.807) is 4.80 Å². The lowest BCUT2D eigenvalue weighted by atomic mass is 10.1. The van der Waals surface area contributed by atoms with Crippen LogP contribution in [-0.4, -0.2) is 30.0 Å². The van der Waals surface area contributed by atoms with Crippen molar-refractivity contribution < 1.29 is 0 Å². The lowest BCUT2D eigenvalue weighted by Gasteiger charge is -2.03. The van der Waals surface area contributed by atoms with Crippen molar-refractivity contribution in [3.05, 3.63) is 40.7 Å². The highest BCUT2D eigenvalue weighted by atomic mass is 32.1. The number of H-pyrrole nitrogens is 1. The molecule has 3 rings (SSSR count). The van der Waals surface area contributed by atoms with Gasteiger partial charge >= 0.3 is 0 Å². The Morgan fingerprint density at radius 3 is 2.55 bits per heavy atom. The van der Waals surface area contributed by atoms with Crippen LogP contribution < -0.4 is 0 Å². The van der Waals surface area contributed by atoms with Gasteiger partial charge in [0.1, 0.15) is 4.64 Å². The number of aromatic amines is 1. The summed E-state index contributed by atoms with van der Waals surface area (Å²) in [5, 5.41) is 15.7. The molecule has 0 saturated carbocycles. The van der Waals surface area contributed by atoms with Crippen molar-refractivity contribution in [1.82, 2.24) is 30.0 Å². The van der Waals surface area contributed by atoms with Crippen LogP contribution in [0.25, 0.3) is 17.1 Å². The van der Waals surface area contributed by atoms with Crippen LogP contribution in [0.4, 0.5) is 0 Å². The minimum Gasteiger partial charge on any atom is -0.299 e. The van der Waals surface area contributed by atoms with Gasteiger partial charge in [0.2, 0.25) is 5.82 Å². The Bertz CT molecular complexity index is 824. The second-order valence-corrected chi connectivity index (χ2v) is 5.76. The molecule has 0 aliphatic rings. The number of hydrogen-bond acceptors (Lipinski definition) is 4. The van der Waals surface area contributed by atoms with Crippen molar-refractivity contribution in [3.63, 3.8) is 0 Å². The average molecular weight is 314 g/mol. The Balaban J connectivity index is 1.98. The first-order valence-electron chi connectivity index (χ1n) is 7.29. The molecular formula is C15H18N6S. The van der Waals surface area contributed by atoms with Gasteiger partial charge in [-0.05, 0) is 43.2 Å². The first kappa shape index (κ1) is 14.6. The van der Waals surface area contributed by atoms with E-state index in [2.05, 4.69) is 39.6 Å². The highest BCUT2D eigenvalue weighted by Crippen LogP contribution is 2.19. The highest BCUT2D eigenvalue weighted by molar-refractivity contribution is 7.71. The average Bonchev–Trinajstić information content (AvgIpc) is 3.14. The van der Waals surface area contributed by atoms with Crippen LogP contribution in [0.2, 0.25) is 0 Å². The molecule has 0 saturated heterocycles. The first-order valence-corrected chi connectivity index (χ1v) is 7.70. The van der Waals surface area contributed by atoms with Gasteiger partial charge in [0, 0.05) is 6.20 Å².